The van der Waals surface area contributed by atoms with Gasteiger partial charge in [-0.1, -0.05) is 58.3 Å². The van der Waals surface area contributed by atoms with Crippen LogP contribution < -0.4 is 0 Å². The molecule has 1 aliphatic rings. The SMILES string of the molecule is CCCCCCCCCCCC(=O)OC1C(O)C(COC(C)=O)OC(OCC(O)C(O)CO)C1OC(C)=O. The van der Waals surface area contributed by atoms with Gasteiger partial charge < -0.3 is 44.1 Å². The van der Waals surface area contributed by atoms with Gasteiger partial charge in [-0.15, -0.1) is 0 Å². The van der Waals surface area contributed by atoms with Crippen molar-refractivity contribution in [2.45, 2.75) is 128 Å². The Kier molecular flexibility index (Phi) is 17.3. The average molecular weight is 551 g/mol. The summed E-state index contributed by atoms with van der Waals surface area (Å²) in [7, 11) is 0. The van der Waals surface area contributed by atoms with Crippen LogP contribution in [0.25, 0.3) is 0 Å². The molecular weight excluding hydrogens is 504 g/mol. The molecule has 0 amide bonds. The second-order valence-corrected chi connectivity index (χ2v) is 9.59. The number of esters is 3. The zero-order valence-corrected chi connectivity index (χ0v) is 22.8. The molecule has 1 rings (SSSR count). The molecule has 1 heterocycles. The Morgan fingerprint density at radius 2 is 1.45 bits per heavy atom. The Hall–Kier alpha value is -1.83. The lowest BCUT2D eigenvalue weighted by Gasteiger charge is -2.43. The Morgan fingerprint density at radius 1 is 0.842 bits per heavy atom. The van der Waals surface area contributed by atoms with Gasteiger partial charge in [-0.2, -0.15) is 0 Å². The van der Waals surface area contributed by atoms with Gasteiger partial charge in [0.2, 0.25) is 0 Å². The van der Waals surface area contributed by atoms with Crippen LogP contribution >= 0.6 is 0 Å². The number of carbonyl (C=O) groups excluding carboxylic acids is 3. The van der Waals surface area contributed by atoms with E-state index in [0.29, 0.717) is 6.42 Å². The molecular formula is C26H46O12. The van der Waals surface area contributed by atoms with Gasteiger partial charge in [0.1, 0.15) is 31.0 Å². The molecule has 0 radical (unpaired) electrons. The standard InChI is InChI=1S/C26H46O12/c1-4-5-6-7-8-9-10-11-12-13-22(32)38-24-23(33)21(16-34-17(2)28)37-26(25(24)36-18(3)29)35-15-20(31)19(30)14-27/h19-21,23-27,30-31,33H,4-16H2,1-3H3. The highest BCUT2D eigenvalue weighted by Crippen LogP contribution is 2.28. The van der Waals surface area contributed by atoms with Crippen LogP contribution in [-0.2, 0) is 38.1 Å². The number of hydrogen-bond acceptors (Lipinski definition) is 12. The molecule has 1 fully saturated rings. The number of hydrogen-bond donors (Lipinski definition) is 4. The second kappa shape index (κ2) is 19.3. The molecule has 1 aliphatic heterocycles. The van der Waals surface area contributed by atoms with E-state index in [0.717, 1.165) is 32.6 Å². The van der Waals surface area contributed by atoms with Gasteiger partial charge >= 0.3 is 17.9 Å². The quantitative estimate of drug-likeness (QED) is 0.102. The zero-order chi connectivity index (χ0) is 28.5. The first-order valence-corrected chi connectivity index (χ1v) is 13.5. The summed E-state index contributed by atoms with van der Waals surface area (Å²) in [4.78, 5) is 35.7. The first-order chi connectivity index (χ1) is 18.1. The molecule has 7 atom stereocenters. The molecule has 12 heteroatoms. The van der Waals surface area contributed by atoms with Crippen LogP contribution in [0.5, 0.6) is 0 Å². The van der Waals surface area contributed by atoms with Gasteiger partial charge in [-0.3, -0.25) is 14.4 Å². The molecule has 7 unspecified atom stereocenters. The van der Waals surface area contributed by atoms with Crippen LogP contribution in [0, 0.1) is 0 Å². The molecule has 4 N–H and O–H groups in total. The fraction of sp³-hybridized carbons (Fsp3) is 0.885. The lowest BCUT2D eigenvalue weighted by Crippen LogP contribution is -2.62. The van der Waals surface area contributed by atoms with Gasteiger partial charge in [0.25, 0.3) is 0 Å². The van der Waals surface area contributed by atoms with E-state index >= 15 is 0 Å². The first-order valence-electron chi connectivity index (χ1n) is 13.5. The molecule has 0 aromatic heterocycles. The number of rotatable bonds is 19. The summed E-state index contributed by atoms with van der Waals surface area (Å²) in [5.74, 6) is -2.02. The number of unbranched alkanes of at least 4 members (excludes halogenated alkanes) is 8. The van der Waals surface area contributed by atoms with E-state index < -0.39 is 80.6 Å². The van der Waals surface area contributed by atoms with Gasteiger partial charge in [-0.05, 0) is 6.42 Å². The maximum Gasteiger partial charge on any atom is 0.306 e. The predicted octanol–water partition coefficient (Wildman–Crippen LogP) is 1.13. The molecule has 1 saturated heterocycles. The lowest BCUT2D eigenvalue weighted by atomic mass is 9.98. The van der Waals surface area contributed by atoms with Crippen molar-refractivity contribution in [2.24, 2.45) is 0 Å². The largest absolute Gasteiger partial charge is 0.463 e. The maximum absolute atomic E-state index is 12.6. The Bertz CT molecular complexity index is 687. The molecule has 38 heavy (non-hydrogen) atoms. The fourth-order valence-corrected chi connectivity index (χ4v) is 4.03. The molecule has 0 saturated carbocycles. The third-order valence-corrected chi connectivity index (χ3v) is 6.19. The minimum Gasteiger partial charge on any atom is -0.463 e. The molecule has 12 nitrogen and oxygen atoms in total. The minimum absolute atomic E-state index is 0.0915. The van der Waals surface area contributed by atoms with E-state index in [9.17, 15) is 29.7 Å². The summed E-state index contributed by atoms with van der Waals surface area (Å²) in [5, 5.41) is 39.4. The molecule has 0 aliphatic carbocycles. The smallest absolute Gasteiger partial charge is 0.306 e. The summed E-state index contributed by atoms with van der Waals surface area (Å²) in [5.41, 5.74) is 0. The molecule has 0 aromatic rings. The highest BCUT2D eigenvalue weighted by Gasteiger charge is 2.50. The third-order valence-electron chi connectivity index (χ3n) is 6.19. The van der Waals surface area contributed by atoms with Crippen LogP contribution in [0.4, 0.5) is 0 Å². The van der Waals surface area contributed by atoms with Crippen LogP contribution in [0.1, 0.15) is 85.0 Å². The highest BCUT2D eigenvalue weighted by atomic mass is 16.7. The second-order valence-electron chi connectivity index (χ2n) is 9.59. The monoisotopic (exact) mass is 550 g/mol. The summed E-state index contributed by atoms with van der Waals surface area (Å²) in [6.07, 6.45) is -0.335. The van der Waals surface area contributed by atoms with E-state index in [1.165, 1.54) is 32.6 Å². The number of aliphatic hydroxyl groups excluding tert-OH is 4. The lowest BCUT2D eigenvalue weighted by molar-refractivity contribution is -0.311. The highest BCUT2D eigenvalue weighted by molar-refractivity contribution is 5.70. The van der Waals surface area contributed by atoms with Gasteiger partial charge in [0.15, 0.2) is 18.5 Å². The molecule has 0 bridgehead atoms. The maximum atomic E-state index is 12.6. The van der Waals surface area contributed by atoms with Gasteiger partial charge in [-0.25, -0.2) is 0 Å². The number of carbonyl (C=O) groups is 3. The summed E-state index contributed by atoms with van der Waals surface area (Å²) < 4.78 is 26.8. The van der Waals surface area contributed by atoms with Crippen molar-refractivity contribution in [2.75, 3.05) is 19.8 Å². The van der Waals surface area contributed by atoms with Crippen molar-refractivity contribution in [3.63, 3.8) is 0 Å². The normalized spacial score (nSPS) is 24.9. The fourth-order valence-electron chi connectivity index (χ4n) is 4.03. The van der Waals surface area contributed by atoms with E-state index in [1.807, 2.05) is 0 Å². The van der Waals surface area contributed by atoms with Crippen molar-refractivity contribution in [3.05, 3.63) is 0 Å². The van der Waals surface area contributed by atoms with Crippen molar-refractivity contribution in [1.29, 1.82) is 0 Å². The van der Waals surface area contributed by atoms with Crippen LogP contribution in [0.3, 0.4) is 0 Å². The van der Waals surface area contributed by atoms with Crippen molar-refractivity contribution < 1.29 is 58.5 Å². The molecule has 222 valence electrons. The zero-order valence-electron chi connectivity index (χ0n) is 22.8. The van der Waals surface area contributed by atoms with Crippen molar-refractivity contribution in [3.8, 4) is 0 Å². The van der Waals surface area contributed by atoms with Crippen LogP contribution in [0.2, 0.25) is 0 Å². The van der Waals surface area contributed by atoms with Crippen LogP contribution in [0.15, 0.2) is 0 Å². The van der Waals surface area contributed by atoms with Gasteiger partial charge in [0.05, 0.1) is 13.2 Å². The molecule has 0 spiro atoms. The van der Waals surface area contributed by atoms with E-state index in [2.05, 4.69) is 6.92 Å². The summed E-state index contributed by atoms with van der Waals surface area (Å²) in [6.45, 7) is 2.78. The van der Waals surface area contributed by atoms with E-state index in [4.69, 9.17) is 28.8 Å². The van der Waals surface area contributed by atoms with Crippen molar-refractivity contribution in [1.82, 2.24) is 0 Å². The Labute approximate surface area is 224 Å². The number of ether oxygens (including phenoxy) is 5. The average Bonchev–Trinajstić information content (AvgIpc) is 2.87. The predicted molar refractivity (Wildman–Crippen MR) is 134 cm³/mol. The summed E-state index contributed by atoms with van der Waals surface area (Å²) in [6, 6.07) is 0. The van der Waals surface area contributed by atoms with Crippen LogP contribution in [-0.4, -0.2) is 101 Å². The summed E-state index contributed by atoms with van der Waals surface area (Å²) >= 11 is 0. The van der Waals surface area contributed by atoms with Crippen molar-refractivity contribution >= 4 is 17.9 Å². The van der Waals surface area contributed by atoms with Gasteiger partial charge in [0, 0.05) is 20.3 Å². The third kappa shape index (κ3) is 13.3. The van der Waals surface area contributed by atoms with E-state index in [1.54, 1.807) is 0 Å². The topological polar surface area (TPSA) is 178 Å². The first kappa shape index (κ1) is 34.2. The number of aliphatic hydroxyl groups is 4. The van der Waals surface area contributed by atoms with E-state index in [-0.39, 0.29) is 6.42 Å². The Balaban J connectivity index is 2.80. The molecule has 0 aromatic carbocycles. The Morgan fingerprint density at radius 3 is 2.00 bits per heavy atom. The minimum atomic E-state index is -1.53.